The number of rotatable bonds is 9. The third-order valence-corrected chi connectivity index (χ3v) is 8.18. The molecule has 0 bridgehead atoms. The molecule has 0 amide bonds. The van der Waals surface area contributed by atoms with Gasteiger partial charge in [-0.05, 0) is 20.3 Å². The summed E-state index contributed by atoms with van der Waals surface area (Å²) in [5.74, 6) is -1.23. The highest BCUT2D eigenvalue weighted by Gasteiger charge is 2.54. The average molecular weight is 361 g/mol. The molecule has 0 saturated carbocycles. The highest BCUT2D eigenvalue weighted by Crippen LogP contribution is 2.39. The monoisotopic (exact) mass is 360 g/mol. The maximum atomic E-state index is 12.9. The number of esters is 2. The molecular weight excluding hydrogens is 332 g/mol. The first-order valence-electron chi connectivity index (χ1n) is 8.49. The van der Waals surface area contributed by atoms with E-state index in [4.69, 9.17) is 9.47 Å². The van der Waals surface area contributed by atoms with Gasteiger partial charge in [0.2, 0.25) is 0 Å². The van der Waals surface area contributed by atoms with Gasteiger partial charge in [-0.25, -0.2) is 0 Å². The van der Waals surface area contributed by atoms with Gasteiger partial charge >= 0.3 is 11.9 Å². The molecule has 0 saturated heterocycles. The van der Waals surface area contributed by atoms with Gasteiger partial charge < -0.3 is 9.47 Å². The lowest BCUT2D eigenvalue weighted by atomic mass is 9.84. The zero-order valence-corrected chi connectivity index (χ0v) is 16.6. The topological polar surface area (TPSA) is 52.6 Å². The first-order valence-corrected chi connectivity index (χ1v) is 11.5. The molecule has 0 aliphatic heterocycles. The van der Waals surface area contributed by atoms with Crippen molar-refractivity contribution in [1.29, 1.82) is 0 Å². The Morgan fingerprint density at radius 3 is 1.96 bits per heavy atom. The fourth-order valence-corrected chi connectivity index (χ4v) is 5.65. The van der Waals surface area contributed by atoms with E-state index in [9.17, 15) is 9.59 Å². The summed E-state index contributed by atoms with van der Waals surface area (Å²) < 4.78 is 10.5. The van der Waals surface area contributed by atoms with Crippen LogP contribution in [0.25, 0.3) is 0 Å². The molecule has 0 aromatic heterocycles. The van der Waals surface area contributed by atoms with Gasteiger partial charge in [0.1, 0.15) is 8.07 Å². The lowest BCUT2D eigenvalue weighted by molar-refractivity contribution is -0.168. The van der Waals surface area contributed by atoms with Crippen LogP contribution in [0.4, 0.5) is 0 Å². The third-order valence-electron chi connectivity index (χ3n) is 4.46. The van der Waals surface area contributed by atoms with Crippen molar-refractivity contribution >= 4 is 25.2 Å². The molecule has 4 nitrogen and oxygen atoms in total. The number of benzene rings is 1. The van der Waals surface area contributed by atoms with Gasteiger partial charge in [0.05, 0.1) is 13.2 Å². The van der Waals surface area contributed by atoms with E-state index in [1.807, 2.05) is 30.3 Å². The fraction of sp³-hybridized carbons (Fsp3) is 0.400. The predicted octanol–water partition coefficient (Wildman–Crippen LogP) is 3.39. The molecule has 0 radical (unpaired) electrons. The number of allylic oxidation sites excluding steroid dienone is 1. The van der Waals surface area contributed by atoms with Crippen molar-refractivity contribution in [2.24, 2.45) is 5.41 Å². The zero-order chi connectivity index (χ0) is 19.1. The van der Waals surface area contributed by atoms with E-state index in [-0.39, 0.29) is 19.6 Å². The van der Waals surface area contributed by atoms with Gasteiger partial charge in [0.15, 0.2) is 5.41 Å². The molecule has 0 unspecified atom stereocenters. The Kier molecular flexibility index (Phi) is 7.36. The van der Waals surface area contributed by atoms with Crippen LogP contribution in [0, 0.1) is 5.41 Å². The van der Waals surface area contributed by atoms with Crippen LogP contribution in [0.2, 0.25) is 13.1 Å². The van der Waals surface area contributed by atoms with Crippen LogP contribution >= 0.6 is 0 Å². The Hall–Kier alpha value is -2.14. The molecule has 0 N–H and O–H groups in total. The standard InChI is InChI=1S/C20H28O4Si/c1-7-15-20(18(21)23-8-2,19(22)24-9-3)16(4)25(5,6)17-13-11-10-12-14-17/h7,10-14H,1,4,8-9,15H2,2-3,5-6H3. The van der Waals surface area contributed by atoms with E-state index in [2.05, 4.69) is 26.3 Å². The van der Waals surface area contributed by atoms with E-state index in [0.717, 1.165) is 5.19 Å². The highest BCUT2D eigenvalue weighted by atomic mass is 28.3. The van der Waals surface area contributed by atoms with E-state index < -0.39 is 25.4 Å². The van der Waals surface area contributed by atoms with Crippen LogP contribution < -0.4 is 5.19 Å². The van der Waals surface area contributed by atoms with E-state index in [0.29, 0.717) is 5.20 Å². The summed E-state index contributed by atoms with van der Waals surface area (Å²) in [5.41, 5.74) is -1.56. The van der Waals surface area contributed by atoms with E-state index in [1.165, 1.54) is 0 Å². The molecule has 25 heavy (non-hydrogen) atoms. The average Bonchev–Trinajstić information content (AvgIpc) is 2.60. The first kappa shape index (κ1) is 20.9. The van der Waals surface area contributed by atoms with Crippen LogP contribution in [0.15, 0.2) is 54.8 Å². The molecule has 0 spiro atoms. The molecule has 0 aliphatic carbocycles. The van der Waals surface area contributed by atoms with Crippen molar-refractivity contribution < 1.29 is 19.1 Å². The van der Waals surface area contributed by atoms with Gasteiger partial charge in [0.25, 0.3) is 0 Å². The minimum Gasteiger partial charge on any atom is -0.465 e. The Labute approximate surface area is 151 Å². The van der Waals surface area contributed by atoms with Gasteiger partial charge in [-0.2, -0.15) is 0 Å². The van der Waals surface area contributed by atoms with Crippen LogP contribution in [0.3, 0.4) is 0 Å². The summed E-state index contributed by atoms with van der Waals surface area (Å²) in [6, 6.07) is 9.84. The minimum absolute atomic E-state index is 0.104. The maximum Gasteiger partial charge on any atom is 0.327 e. The Bertz CT molecular complexity index is 616. The molecular formula is C20H28O4Si. The number of carbonyl (C=O) groups is 2. The number of hydrogen-bond donors (Lipinski definition) is 0. The largest absolute Gasteiger partial charge is 0.465 e. The van der Waals surface area contributed by atoms with E-state index >= 15 is 0 Å². The zero-order valence-electron chi connectivity index (χ0n) is 15.6. The molecule has 0 aliphatic rings. The van der Waals surface area contributed by atoms with Crippen molar-refractivity contribution in [2.75, 3.05) is 13.2 Å². The molecule has 1 aromatic carbocycles. The Morgan fingerprint density at radius 1 is 1.08 bits per heavy atom. The van der Waals surface area contributed by atoms with Crippen LogP contribution in [0.1, 0.15) is 20.3 Å². The lowest BCUT2D eigenvalue weighted by Gasteiger charge is -2.38. The first-order chi connectivity index (χ1) is 11.8. The predicted molar refractivity (Wildman–Crippen MR) is 103 cm³/mol. The molecule has 5 heteroatoms. The fourth-order valence-electron chi connectivity index (χ4n) is 2.91. The lowest BCUT2D eigenvalue weighted by Crippen LogP contribution is -2.55. The molecule has 1 aromatic rings. The van der Waals surface area contributed by atoms with Crippen molar-refractivity contribution in [3.05, 3.63) is 54.8 Å². The van der Waals surface area contributed by atoms with E-state index in [1.54, 1.807) is 19.9 Å². The number of ether oxygens (including phenoxy) is 2. The number of hydrogen-bond acceptors (Lipinski definition) is 4. The Balaban J connectivity index is 3.52. The number of carbonyl (C=O) groups excluding carboxylic acids is 2. The Morgan fingerprint density at radius 2 is 1.56 bits per heavy atom. The molecule has 1 rings (SSSR count). The maximum absolute atomic E-state index is 12.9. The normalized spacial score (nSPS) is 11.5. The third kappa shape index (κ3) is 4.10. The summed E-state index contributed by atoms with van der Waals surface area (Å²) in [6.07, 6.45) is 1.65. The summed E-state index contributed by atoms with van der Waals surface area (Å²) >= 11 is 0. The van der Waals surface area contributed by atoms with Gasteiger partial charge in [-0.3, -0.25) is 9.59 Å². The molecule has 136 valence electrons. The highest BCUT2D eigenvalue weighted by molar-refractivity contribution is 6.96. The quantitative estimate of drug-likeness (QED) is 0.293. The smallest absolute Gasteiger partial charge is 0.327 e. The summed E-state index contributed by atoms with van der Waals surface area (Å²) in [4.78, 5) is 25.8. The summed E-state index contributed by atoms with van der Waals surface area (Å²) in [6.45, 7) is 15.9. The van der Waals surface area contributed by atoms with Crippen LogP contribution in [-0.2, 0) is 19.1 Å². The molecule has 0 atom stereocenters. The van der Waals surface area contributed by atoms with Crippen LogP contribution in [-0.4, -0.2) is 33.2 Å². The van der Waals surface area contributed by atoms with Crippen LogP contribution in [0.5, 0.6) is 0 Å². The minimum atomic E-state index is -2.38. The second-order valence-corrected chi connectivity index (χ2v) is 10.7. The van der Waals surface area contributed by atoms with Gasteiger partial charge in [-0.1, -0.05) is 59.9 Å². The van der Waals surface area contributed by atoms with Crippen molar-refractivity contribution in [2.45, 2.75) is 33.4 Å². The van der Waals surface area contributed by atoms with Crippen molar-refractivity contribution in [1.82, 2.24) is 0 Å². The molecule has 0 fully saturated rings. The molecule has 0 heterocycles. The van der Waals surface area contributed by atoms with Crippen molar-refractivity contribution in [3.8, 4) is 0 Å². The second-order valence-electron chi connectivity index (χ2n) is 6.31. The van der Waals surface area contributed by atoms with Crippen molar-refractivity contribution in [3.63, 3.8) is 0 Å². The van der Waals surface area contributed by atoms with Gasteiger partial charge in [-0.15, -0.1) is 13.2 Å². The van der Waals surface area contributed by atoms with Gasteiger partial charge in [0, 0.05) is 0 Å². The second kappa shape index (κ2) is 8.81. The summed E-state index contributed by atoms with van der Waals surface area (Å²) in [7, 11) is -2.38. The SMILES string of the molecule is C=CCC(C(=C)[Si](C)(C)c1ccccc1)(C(=O)OCC)C(=O)OCC. The summed E-state index contributed by atoms with van der Waals surface area (Å²) in [5, 5.41) is 1.66.